The van der Waals surface area contributed by atoms with Gasteiger partial charge in [-0.2, -0.15) is 18.2 Å². The van der Waals surface area contributed by atoms with Crippen LogP contribution in [-0.2, 0) is 6.18 Å². The van der Waals surface area contributed by atoms with E-state index in [-0.39, 0.29) is 11.6 Å². The van der Waals surface area contributed by atoms with Crippen LogP contribution in [0.3, 0.4) is 0 Å². The van der Waals surface area contributed by atoms with Crippen molar-refractivity contribution in [1.82, 2.24) is 9.97 Å². The summed E-state index contributed by atoms with van der Waals surface area (Å²) in [5.41, 5.74) is -0.449. The van der Waals surface area contributed by atoms with Crippen molar-refractivity contribution in [3.05, 3.63) is 70.4 Å². The molecule has 0 unspecified atom stereocenters. The third-order valence-corrected chi connectivity index (χ3v) is 4.57. The second-order valence-corrected chi connectivity index (χ2v) is 7.06. The summed E-state index contributed by atoms with van der Waals surface area (Å²) in [5, 5.41) is 16.2. The van der Waals surface area contributed by atoms with Gasteiger partial charge in [0.05, 0.1) is 17.2 Å². The van der Waals surface area contributed by atoms with Crippen molar-refractivity contribution in [2.45, 2.75) is 32.4 Å². The molecule has 0 atom stereocenters. The average molecular weight is 461 g/mol. The molecule has 2 aromatic carbocycles. The number of halogens is 3. The molecule has 2 N–H and O–H groups in total. The lowest BCUT2D eigenvalue weighted by Crippen LogP contribution is -2.13. The summed E-state index contributed by atoms with van der Waals surface area (Å²) in [5.74, 6) is -0.155. The molecule has 0 radical (unpaired) electrons. The van der Waals surface area contributed by atoms with Gasteiger partial charge in [0.1, 0.15) is 17.1 Å². The number of para-hydroxylation sites is 2. The number of anilines is 4. The molecule has 0 bridgehead atoms. The van der Waals surface area contributed by atoms with Gasteiger partial charge in [-0.1, -0.05) is 31.9 Å². The number of hydrogen-bond acceptors (Lipinski definition) is 7. The predicted octanol–water partition coefficient (Wildman–Crippen LogP) is 6.46. The van der Waals surface area contributed by atoms with Crippen LogP contribution in [-0.4, -0.2) is 21.5 Å². The van der Waals surface area contributed by atoms with Crippen LogP contribution >= 0.6 is 0 Å². The molecular weight excluding hydrogens is 439 g/mol. The van der Waals surface area contributed by atoms with E-state index in [2.05, 4.69) is 27.5 Å². The topological polar surface area (TPSA) is 102 Å². The number of hydrogen-bond donors (Lipinski definition) is 2. The van der Waals surface area contributed by atoms with Crippen LogP contribution in [0.5, 0.6) is 5.75 Å². The van der Waals surface area contributed by atoms with E-state index in [4.69, 9.17) is 4.74 Å². The van der Waals surface area contributed by atoms with Gasteiger partial charge in [-0.05, 0) is 30.7 Å². The fourth-order valence-electron chi connectivity index (χ4n) is 2.90. The lowest BCUT2D eigenvalue weighted by Gasteiger charge is -2.17. The lowest BCUT2D eigenvalue weighted by atomic mass is 10.2. The number of nitrogens with zero attached hydrogens (tertiary/aromatic N) is 3. The zero-order valence-electron chi connectivity index (χ0n) is 17.7. The van der Waals surface area contributed by atoms with E-state index in [9.17, 15) is 23.3 Å². The van der Waals surface area contributed by atoms with Crippen molar-refractivity contribution in [2.75, 3.05) is 17.2 Å². The van der Waals surface area contributed by atoms with Crippen molar-refractivity contribution in [3.8, 4) is 5.75 Å². The number of nitro groups is 1. The highest BCUT2D eigenvalue weighted by molar-refractivity contribution is 5.67. The first kappa shape index (κ1) is 23.8. The molecule has 0 spiro atoms. The molecule has 0 aliphatic rings. The number of nitro benzene ring substituents is 1. The van der Waals surface area contributed by atoms with Gasteiger partial charge >= 0.3 is 6.18 Å². The van der Waals surface area contributed by atoms with Crippen LogP contribution in [0.1, 0.15) is 31.7 Å². The normalized spacial score (nSPS) is 11.2. The number of unbranched alkanes of at least 4 members (excludes halogenated alkanes) is 2. The van der Waals surface area contributed by atoms with Gasteiger partial charge in [0.15, 0.2) is 0 Å². The maximum Gasteiger partial charge on any atom is 0.421 e. The van der Waals surface area contributed by atoms with Gasteiger partial charge in [-0.15, -0.1) is 0 Å². The largest absolute Gasteiger partial charge is 0.491 e. The Morgan fingerprint density at radius 2 is 1.79 bits per heavy atom. The SMILES string of the molecule is CCCCCOc1ccccc1Nc1nc(Nc2ccc([N+](=O)[O-])cc2)ncc1C(F)(F)F. The van der Waals surface area contributed by atoms with Crippen molar-refractivity contribution >= 4 is 28.8 Å². The third kappa shape index (κ3) is 6.55. The summed E-state index contributed by atoms with van der Waals surface area (Å²) in [6.45, 7) is 2.50. The molecule has 0 fully saturated rings. The maximum atomic E-state index is 13.6. The first-order valence-electron chi connectivity index (χ1n) is 10.2. The minimum Gasteiger partial charge on any atom is -0.491 e. The maximum absolute atomic E-state index is 13.6. The predicted molar refractivity (Wildman–Crippen MR) is 118 cm³/mol. The zero-order valence-corrected chi connectivity index (χ0v) is 17.7. The molecular formula is C22H22F3N5O3. The highest BCUT2D eigenvalue weighted by Gasteiger charge is 2.35. The fraction of sp³-hybridized carbons (Fsp3) is 0.273. The Hall–Kier alpha value is -3.89. The minimum absolute atomic E-state index is 0.110. The van der Waals surface area contributed by atoms with Crippen LogP contribution in [0.4, 0.5) is 42.0 Å². The summed E-state index contributed by atoms with van der Waals surface area (Å²) in [6.07, 6.45) is -1.19. The quantitative estimate of drug-likeness (QED) is 0.203. The first-order chi connectivity index (χ1) is 15.8. The van der Waals surface area contributed by atoms with E-state index >= 15 is 0 Å². The van der Waals surface area contributed by atoms with Crippen LogP contribution in [0.15, 0.2) is 54.7 Å². The number of non-ortho nitro benzene ring substituents is 1. The Bertz CT molecular complexity index is 1090. The number of aromatic nitrogens is 2. The smallest absolute Gasteiger partial charge is 0.421 e. The molecule has 8 nitrogen and oxygen atoms in total. The lowest BCUT2D eigenvalue weighted by molar-refractivity contribution is -0.384. The summed E-state index contributed by atoms with van der Waals surface area (Å²) >= 11 is 0. The van der Waals surface area contributed by atoms with Crippen LogP contribution in [0.2, 0.25) is 0 Å². The number of rotatable bonds is 10. The molecule has 3 aromatic rings. The Morgan fingerprint density at radius 1 is 1.06 bits per heavy atom. The molecule has 3 rings (SSSR count). The molecule has 0 saturated carbocycles. The monoisotopic (exact) mass is 461 g/mol. The Morgan fingerprint density at radius 3 is 2.45 bits per heavy atom. The van der Waals surface area contributed by atoms with Crippen LogP contribution < -0.4 is 15.4 Å². The number of alkyl halides is 3. The van der Waals surface area contributed by atoms with E-state index < -0.39 is 22.5 Å². The van der Waals surface area contributed by atoms with E-state index in [1.165, 1.54) is 24.3 Å². The van der Waals surface area contributed by atoms with Crippen molar-refractivity contribution in [2.24, 2.45) is 0 Å². The highest BCUT2D eigenvalue weighted by Crippen LogP contribution is 2.37. The Balaban J connectivity index is 1.86. The van der Waals surface area contributed by atoms with Crippen molar-refractivity contribution in [3.63, 3.8) is 0 Å². The summed E-state index contributed by atoms with van der Waals surface area (Å²) < 4.78 is 46.5. The molecule has 1 heterocycles. The van der Waals surface area contributed by atoms with Crippen LogP contribution in [0, 0.1) is 10.1 Å². The highest BCUT2D eigenvalue weighted by atomic mass is 19.4. The Labute approximate surface area is 188 Å². The number of nitrogens with one attached hydrogen (secondary N) is 2. The van der Waals surface area contributed by atoms with Gasteiger partial charge in [-0.3, -0.25) is 10.1 Å². The molecule has 0 amide bonds. The number of ether oxygens (including phenoxy) is 1. The summed E-state index contributed by atoms with van der Waals surface area (Å²) in [6, 6.07) is 12.0. The van der Waals surface area contributed by atoms with E-state index in [1.54, 1.807) is 24.3 Å². The van der Waals surface area contributed by atoms with Crippen molar-refractivity contribution in [1.29, 1.82) is 0 Å². The molecule has 11 heteroatoms. The van der Waals surface area contributed by atoms with E-state index in [1.807, 2.05) is 0 Å². The van der Waals surface area contributed by atoms with Crippen molar-refractivity contribution < 1.29 is 22.8 Å². The minimum atomic E-state index is -4.69. The average Bonchev–Trinajstić information content (AvgIpc) is 2.77. The fourth-order valence-corrected chi connectivity index (χ4v) is 2.90. The molecule has 0 aliphatic heterocycles. The van der Waals surface area contributed by atoms with E-state index in [0.717, 1.165) is 19.3 Å². The standard InChI is InChI=1S/C22H22F3N5O3/c1-2-3-6-13-33-19-8-5-4-7-18(19)28-20-17(22(23,24)25)14-26-21(29-20)27-15-9-11-16(12-10-15)30(31)32/h4-5,7-12,14H,2-3,6,13H2,1H3,(H2,26,27,28,29). The molecule has 33 heavy (non-hydrogen) atoms. The second kappa shape index (κ2) is 10.6. The van der Waals surface area contributed by atoms with Gasteiger partial charge in [0.25, 0.3) is 5.69 Å². The third-order valence-electron chi connectivity index (χ3n) is 4.57. The van der Waals surface area contributed by atoms with E-state index in [0.29, 0.717) is 29.9 Å². The molecule has 1 aromatic heterocycles. The summed E-state index contributed by atoms with van der Waals surface area (Å²) in [7, 11) is 0. The molecule has 174 valence electrons. The van der Waals surface area contributed by atoms with Gasteiger partial charge in [0.2, 0.25) is 5.95 Å². The number of benzene rings is 2. The van der Waals surface area contributed by atoms with Gasteiger partial charge in [-0.25, -0.2) is 4.98 Å². The second-order valence-electron chi connectivity index (χ2n) is 7.06. The molecule has 0 aliphatic carbocycles. The summed E-state index contributed by atoms with van der Waals surface area (Å²) in [4.78, 5) is 18.0. The van der Waals surface area contributed by atoms with Gasteiger partial charge in [0, 0.05) is 24.0 Å². The van der Waals surface area contributed by atoms with Crippen LogP contribution in [0.25, 0.3) is 0 Å². The molecule has 0 saturated heterocycles. The zero-order chi connectivity index (χ0) is 23.8. The Kier molecular flexibility index (Phi) is 7.65. The first-order valence-corrected chi connectivity index (χ1v) is 10.2. The van der Waals surface area contributed by atoms with Gasteiger partial charge < -0.3 is 15.4 Å².